The minimum atomic E-state index is -0.392. The van der Waals surface area contributed by atoms with Gasteiger partial charge >= 0.3 is 6.01 Å². The Bertz CT molecular complexity index is 1180. The standard InChI is InChI=1S/C22H15N3O3/c26-25(27)18-11-12-19-17(13-18)14-24-21(16-9-5-2-6-10-16)20(23-22(24)28-19)15-7-3-1-4-8-15/h1-13H,14H2. The summed E-state index contributed by atoms with van der Waals surface area (Å²) in [4.78, 5) is 15.5. The Hall–Kier alpha value is -3.93. The van der Waals surface area contributed by atoms with Crippen molar-refractivity contribution >= 4 is 5.69 Å². The molecular formula is C22H15N3O3. The molecule has 6 nitrogen and oxygen atoms in total. The number of nitro benzene ring substituents is 1. The predicted molar refractivity (Wildman–Crippen MR) is 105 cm³/mol. The normalized spacial score (nSPS) is 12.0. The third-order valence-corrected chi connectivity index (χ3v) is 4.81. The van der Waals surface area contributed by atoms with Gasteiger partial charge in [0.1, 0.15) is 11.4 Å². The largest absolute Gasteiger partial charge is 0.425 e. The van der Waals surface area contributed by atoms with E-state index in [1.807, 2.05) is 65.2 Å². The zero-order valence-corrected chi connectivity index (χ0v) is 14.8. The van der Waals surface area contributed by atoms with Crippen LogP contribution in [-0.2, 0) is 6.54 Å². The topological polar surface area (TPSA) is 70.2 Å². The van der Waals surface area contributed by atoms with Crippen LogP contribution in [0.2, 0.25) is 0 Å². The van der Waals surface area contributed by atoms with Gasteiger partial charge in [-0.2, -0.15) is 4.98 Å². The summed E-state index contributed by atoms with van der Waals surface area (Å²) in [5.41, 5.74) is 4.56. The zero-order valence-electron chi connectivity index (χ0n) is 14.8. The monoisotopic (exact) mass is 369 g/mol. The van der Waals surface area contributed by atoms with E-state index in [4.69, 9.17) is 9.72 Å². The maximum atomic E-state index is 11.2. The molecule has 136 valence electrons. The Morgan fingerprint density at radius 1 is 0.929 bits per heavy atom. The molecule has 0 N–H and O–H groups in total. The van der Waals surface area contributed by atoms with Crippen LogP contribution in [0.4, 0.5) is 5.69 Å². The highest BCUT2D eigenvalue weighted by Crippen LogP contribution is 2.41. The van der Waals surface area contributed by atoms with Crippen LogP contribution in [0, 0.1) is 10.1 Å². The van der Waals surface area contributed by atoms with Crippen LogP contribution in [-0.4, -0.2) is 14.5 Å². The van der Waals surface area contributed by atoms with E-state index in [1.54, 1.807) is 12.1 Å². The molecule has 0 bridgehead atoms. The molecule has 4 aromatic rings. The zero-order chi connectivity index (χ0) is 19.1. The molecule has 1 aromatic heterocycles. The van der Waals surface area contributed by atoms with Crippen LogP contribution in [0.15, 0.2) is 78.9 Å². The van der Waals surface area contributed by atoms with Gasteiger partial charge in [0.2, 0.25) is 0 Å². The number of nitro groups is 1. The van der Waals surface area contributed by atoms with Gasteiger partial charge < -0.3 is 4.74 Å². The van der Waals surface area contributed by atoms with Gasteiger partial charge in [-0.05, 0) is 6.07 Å². The average molecular weight is 369 g/mol. The SMILES string of the molecule is O=[N+]([O-])c1ccc2c(c1)Cn1c(nc(-c3ccccc3)c1-c1ccccc1)O2. The van der Waals surface area contributed by atoms with E-state index in [2.05, 4.69) is 0 Å². The molecule has 0 saturated heterocycles. The fourth-order valence-electron chi connectivity index (χ4n) is 3.51. The number of ether oxygens (including phenoxy) is 1. The third-order valence-electron chi connectivity index (χ3n) is 4.81. The first-order chi connectivity index (χ1) is 13.7. The molecule has 0 amide bonds. The molecule has 1 aliphatic heterocycles. The number of non-ortho nitro benzene ring substituents is 1. The van der Waals surface area contributed by atoms with Crippen LogP contribution in [0.3, 0.4) is 0 Å². The first-order valence-corrected chi connectivity index (χ1v) is 8.87. The Morgan fingerprint density at radius 3 is 2.29 bits per heavy atom. The van der Waals surface area contributed by atoms with Gasteiger partial charge in [-0.25, -0.2) is 0 Å². The highest BCUT2D eigenvalue weighted by atomic mass is 16.6. The van der Waals surface area contributed by atoms with E-state index in [0.29, 0.717) is 18.3 Å². The molecule has 0 radical (unpaired) electrons. The lowest BCUT2D eigenvalue weighted by Crippen LogP contribution is -2.11. The smallest absolute Gasteiger partial charge is 0.303 e. The molecule has 5 rings (SSSR count). The molecule has 28 heavy (non-hydrogen) atoms. The van der Waals surface area contributed by atoms with Gasteiger partial charge in [0, 0.05) is 28.8 Å². The van der Waals surface area contributed by atoms with Gasteiger partial charge in [0.05, 0.1) is 17.2 Å². The molecule has 0 atom stereocenters. The number of nitrogens with zero attached hydrogens (tertiary/aromatic N) is 3. The second-order valence-corrected chi connectivity index (χ2v) is 6.56. The second kappa shape index (κ2) is 6.35. The van der Waals surface area contributed by atoms with E-state index < -0.39 is 4.92 Å². The maximum Gasteiger partial charge on any atom is 0.303 e. The summed E-state index contributed by atoms with van der Waals surface area (Å²) in [6.07, 6.45) is 0. The quantitative estimate of drug-likeness (QED) is 0.320. The third kappa shape index (κ3) is 2.63. The Balaban J connectivity index is 1.70. The Kier molecular flexibility index (Phi) is 3.69. The lowest BCUT2D eigenvalue weighted by molar-refractivity contribution is -0.384. The van der Waals surface area contributed by atoms with E-state index in [1.165, 1.54) is 6.07 Å². The fourth-order valence-corrected chi connectivity index (χ4v) is 3.51. The van der Waals surface area contributed by atoms with E-state index >= 15 is 0 Å². The van der Waals surface area contributed by atoms with Gasteiger partial charge in [-0.15, -0.1) is 0 Å². The fraction of sp³-hybridized carbons (Fsp3) is 0.0455. The molecule has 0 spiro atoms. The minimum Gasteiger partial charge on any atom is -0.425 e. The van der Waals surface area contributed by atoms with Crippen molar-refractivity contribution in [2.24, 2.45) is 0 Å². The van der Waals surface area contributed by atoms with E-state index in [9.17, 15) is 10.1 Å². The van der Waals surface area contributed by atoms with Crippen molar-refractivity contribution in [3.8, 4) is 34.3 Å². The lowest BCUT2D eigenvalue weighted by atomic mass is 10.0. The van der Waals surface area contributed by atoms with E-state index in [-0.39, 0.29) is 5.69 Å². The molecule has 0 unspecified atom stereocenters. The molecule has 0 saturated carbocycles. The number of aromatic nitrogens is 2. The van der Waals surface area contributed by atoms with Gasteiger partial charge in [-0.1, -0.05) is 60.7 Å². The average Bonchev–Trinajstić information content (AvgIpc) is 3.11. The number of hydrogen-bond acceptors (Lipinski definition) is 4. The van der Waals surface area contributed by atoms with Gasteiger partial charge in [-0.3, -0.25) is 14.7 Å². The highest BCUT2D eigenvalue weighted by molar-refractivity contribution is 5.80. The number of imidazole rings is 1. The first kappa shape index (κ1) is 16.3. The van der Waals surface area contributed by atoms with E-state index in [0.717, 1.165) is 28.1 Å². The second-order valence-electron chi connectivity index (χ2n) is 6.56. The van der Waals surface area contributed by atoms with Crippen molar-refractivity contribution in [2.75, 3.05) is 0 Å². The van der Waals surface area contributed by atoms with Crippen LogP contribution < -0.4 is 4.74 Å². The first-order valence-electron chi connectivity index (χ1n) is 8.87. The molecule has 0 aliphatic carbocycles. The molecule has 3 aromatic carbocycles. The van der Waals surface area contributed by atoms with Crippen LogP contribution >= 0.6 is 0 Å². The number of benzene rings is 3. The molecule has 6 heteroatoms. The van der Waals surface area contributed by atoms with Gasteiger partial charge in [0.25, 0.3) is 5.69 Å². The van der Waals surface area contributed by atoms with Crippen molar-refractivity contribution in [1.29, 1.82) is 0 Å². The predicted octanol–water partition coefficient (Wildman–Crippen LogP) is 5.28. The number of rotatable bonds is 3. The Labute approximate surface area is 160 Å². The summed E-state index contributed by atoms with van der Waals surface area (Å²) in [7, 11) is 0. The Morgan fingerprint density at radius 2 is 1.61 bits per heavy atom. The van der Waals surface area contributed by atoms with Crippen molar-refractivity contribution < 1.29 is 9.66 Å². The lowest BCUT2D eigenvalue weighted by Gasteiger charge is -2.20. The molecule has 2 heterocycles. The maximum absolute atomic E-state index is 11.2. The van der Waals surface area contributed by atoms with Crippen molar-refractivity contribution in [3.05, 3.63) is 94.5 Å². The summed E-state index contributed by atoms with van der Waals surface area (Å²) in [5, 5.41) is 11.2. The minimum absolute atomic E-state index is 0.0514. The molecule has 1 aliphatic rings. The number of hydrogen-bond donors (Lipinski definition) is 0. The molecular weight excluding hydrogens is 354 g/mol. The summed E-state index contributed by atoms with van der Waals surface area (Å²) >= 11 is 0. The summed E-state index contributed by atoms with van der Waals surface area (Å²) in [5.74, 6) is 0.599. The van der Waals surface area contributed by atoms with Crippen molar-refractivity contribution in [2.45, 2.75) is 6.54 Å². The summed E-state index contributed by atoms with van der Waals surface area (Å²) in [6.45, 7) is 0.455. The summed E-state index contributed by atoms with van der Waals surface area (Å²) in [6, 6.07) is 25.1. The van der Waals surface area contributed by atoms with Gasteiger partial charge in [0.15, 0.2) is 0 Å². The van der Waals surface area contributed by atoms with Crippen molar-refractivity contribution in [1.82, 2.24) is 9.55 Å². The number of fused-ring (bicyclic) bond motifs is 2. The van der Waals surface area contributed by atoms with Crippen LogP contribution in [0.1, 0.15) is 5.56 Å². The molecule has 0 fully saturated rings. The summed E-state index contributed by atoms with van der Waals surface area (Å²) < 4.78 is 7.98. The van der Waals surface area contributed by atoms with Crippen molar-refractivity contribution in [3.63, 3.8) is 0 Å². The van der Waals surface area contributed by atoms with Crippen LogP contribution in [0.5, 0.6) is 11.8 Å². The van der Waals surface area contributed by atoms with Crippen LogP contribution in [0.25, 0.3) is 22.5 Å². The highest BCUT2D eigenvalue weighted by Gasteiger charge is 2.27.